The zero-order valence-electron chi connectivity index (χ0n) is 15.9. The van der Waals surface area contributed by atoms with Gasteiger partial charge in [0.25, 0.3) is 0 Å². The Kier molecular flexibility index (Phi) is 7.44. The maximum Gasteiger partial charge on any atom is 0.150 e. The highest BCUT2D eigenvalue weighted by molar-refractivity contribution is 5.79. The van der Waals surface area contributed by atoms with E-state index < -0.39 is 0 Å². The monoisotopic (exact) mass is 324 g/mol. The molecule has 2 heteroatoms. The van der Waals surface area contributed by atoms with E-state index in [2.05, 4.69) is 32.9 Å². The van der Waals surface area contributed by atoms with Gasteiger partial charge in [-0.1, -0.05) is 35.4 Å². The van der Waals surface area contributed by atoms with Gasteiger partial charge in [-0.25, -0.2) is 0 Å². The molecule has 0 atom stereocenters. The Morgan fingerprint density at radius 1 is 0.708 bits per heavy atom. The first-order chi connectivity index (χ1) is 11.3. The van der Waals surface area contributed by atoms with Crippen molar-refractivity contribution >= 4 is 12.4 Å². The van der Waals surface area contributed by atoms with E-state index >= 15 is 0 Å². The van der Waals surface area contributed by atoms with Crippen molar-refractivity contribution < 1.29 is 9.53 Å². The molecular formula is C22H28O2. The molecule has 0 amide bonds. The minimum absolute atomic E-state index is 0.829. The van der Waals surface area contributed by atoms with Crippen LogP contribution in [-0.2, 0) is 4.74 Å². The number of rotatable bonds is 3. The second-order valence-corrected chi connectivity index (χ2v) is 6.28. The number of aldehydes is 1. The molecule has 0 saturated heterocycles. The Balaban J connectivity index is 0.000000243. The maximum absolute atomic E-state index is 10.6. The van der Waals surface area contributed by atoms with Gasteiger partial charge in [0.1, 0.15) is 0 Å². The third kappa shape index (κ3) is 5.38. The molecule has 0 spiro atoms. The second-order valence-electron chi connectivity index (χ2n) is 6.28. The first kappa shape index (κ1) is 19.7. The summed E-state index contributed by atoms with van der Waals surface area (Å²) in [7, 11) is 1.66. The molecule has 0 N–H and O–H groups in total. The summed E-state index contributed by atoms with van der Waals surface area (Å²) in [5.74, 6) is 0. The van der Waals surface area contributed by atoms with Crippen molar-refractivity contribution in [1.29, 1.82) is 0 Å². The second kappa shape index (κ2) is 9.07. The fourth-order valence-corrected chi connectivity index (χ4v) is 2.97. The summed E-state index contributed by atoms with van der Waals surface area (Å²) in [4.78, 5) is 10.6. The Morgan fingerprint density at radius 3 is 1.42 bits per heavy atom. The third-order valence-corrected chi connectivity index (χ3v) is 3.96. The quantitative estimate of drug-likeness (QED) is 0.538. The number of benzene rings is 2. The van der Waals surface area contributed by atoms with Gasteiger partial charge in [-0.3, -0.25) is 4.79 Å². The molecule has 24 heavy (non-hydrogen) atoms. The number of carbonyl (C=O) groups is 1. The molecule has 2 aromatic rings. The van der Waals surface area contributed by atoms with Crippen LogP contribution in [0.25, 0.3) is 6.08 Å². The predicted molar refractivity (Wildman–Crippen MR) is 103 cm³/mol. The molecule has 2 nitrogen and oxygen atoms in total. The van der Waals surface area contributed by atoms with Crippen molar-refractivity contribution in [2.75, 3.05) is 7.11 Å². The molecule has 0 heterocycles. The average Bonchev–Trinajstić information content (AvgIpc) is 2.46. The predicted octanol–water partition coefficient (Wildman–Crippen LogP) is 5.65. The minimum atomic E-state index is 0.829. The molecule has 0 radical (unpaired) electrons. The fourth-order valence-electron chi connectivity index (χ4n) is 2.97. The van der Waals surface area contributed by atoms with Crippen LogP contribution in [0, 0.1) is 41.5 Å². The SMILES string of the molecule is CO/C=C/c1c(C)cc(C)cc1C.Cc1cc(C)c(C=O)c(C)c1. The summed E-state index contributed by atoms with van der Waals surface area (Å²) in [5, 5.41) is 0. The Labute approximate surface area is 146 Å². The highest BCUT2D eigenvalue weighted by Gasteiger charge is 2.01. The summed E-state index contributed by atoms with van der Waals surface area (Å²) in [5.41, 5.74) is 9.34. The van der Waals surface area contributed by atoms with Crippen molar-refractivity contribution in [2.24, 2.45) is 0 Å². The van der Waals surface area contributed by atoms with Crippen LogP contribution >= 0.6 is 0 Å². The molecule has 2 aromatic carbocycles. The van der Waals surface area contributed by atoms with Gasteiger partial charge in [0.2, 0.25) is 0 Å². The van der Waals surface area contributed by atoms with Crippen LogP contribution in [0.15, 0.2) is 30.5 Å². The van der Waals surface area contributed by atoms with E-state index in [0.717, 1.165) is 23.0 Å². The Hall–Kier alpha value is -2.35. The summed E-state index contributed by atoms with van der Waals surface area (Å²) in [6.45, 7) is 12.3. The first-order valence-electron chi connectivity index (χ1n) is 8.10. The number of methoxy groups -OCH3 is 1. The third-order valence-electron chi connectivity index (χ3n) is 3.96. The van der Waals surface area contributed by atoms with Gasteiger partial charge in [0.05, 0.1) is 13.4 Å². The van der Waals surface area contributed by atoms with E-state index in [1.807, 2.05) is 39.0 Å². The summed E-state index contributed by atoms with van der Waals surface area (Å²) in [6.07, 6.45) is 4.64. The van der Waals surface area contributed by atoms with Gasteiger partial charge in [-0.2, -0.15) is 0 Å². The summed E-state index contributed by atoms with van der Waals surface area (Å²) < 4.78 is 4.91. The van der Waals surface area contributed by atoms with E-state index in [1.54, 1.807) is 13.4 Å². The first-order valence-corrected chi connectivity index (χ1v) is 8.10. The van der Waals surface area contributed by atoms with Crippen molar-refractivity contribution in [3.8, 4) is 0 Å². The largest absolute Gasteiger partial charge is 0.504 e. The Bertz CT molecular complexity index is 694. The van der Waals surface area contributed by atoms with Crippen molar-refractivity contribution in [3.05, 3.63) is 75.0 Å². The molecule has 0 unspecified atom stereocenters. The number of hydrogen-bond acceptors (Lipinski definition) is 2. The summed E-state index contributed by atoms with van der Waals surface area (Å²) in [6, 6.07) is 8.41. The van der Waals surface area contributed by atoms with Crippen molar-refractivity contribution in [1.82, 2.24) is 0 Å². The number of ether oxygens (including phenoxy) is 1. The molecule has 0 saturated carbocycles. The van der Waals surface area contributed by atoms with Crippen LogP contribution in [0.1, 0.15) is 49.3 Å². The lowest BCUT2D eigenvalue weighted by Crippen LogP contribution is -1.91. The van der Waals surface area contributed by atoms with Crippen LogP contribution in [-0.4, -0.2) is 13.4 Å². The van der Waals surface area contributed by atoms with Gasteiger partial charge >= 0.3 is 0 Å². The number of carbonyl (C=O) groups excluding carboxylic acids is 1. The molecule has 0 aliphatic heterocycles. The minimum Gasteiger partial charge on any atom is -0.504 e. The van der Waals surface area contributed by atoms with Crippen LogP contribution in [0.4, 0.5) is 0 Å². The van der Waals surface area contributed by atoms with Crippen LogP contribution in [0.2, 0.25) is 0 Å². The molecule has 128 valence electrons. The summed E-state index contributed by atoms with van der Waals surface area (Å²) >= 11 is 0. The zero-order valence-corrected chi connectivity index (χ0v) is 15.9. The normalized spacial score (nSPS) is 10.3. The van der Waals surface area contributed by atoms with Gasteiger partial charge in [0, 0.05) is 5.56 Å². The zero-order chi connectivity index (χ0) is 18.3. The smallest absolute Gasteiger partial charge is 0.150 e. The van der Waals surface area contributed by atoms with Crippen LogP contribution in [0.3, 0.4) is 0 Å². The van der Waals surface area contributed by atoms with Gasteiger partial charge in [-0.15, -0.1) is 0 Å². The number of hydrogen-bond donors (Lipinski definition) is 0. The Morgan fingerprint density at radius 2 is 1.08 bits per heavy atom. The van der Waals surface area contributed by atoms with E-state index in [4.69, 9.17) is 4.74 Å². The molecular weight excluding hydrogens is 296 g/mol. The molecule has 0 fully saturated rings. The lowest BCUT2D eigenvalue weighted by Gasteiger charge is -2.06. The molecule has 0 bridgehead atoms. The fraction of sp³-hybridized carbons (Fsp3) is 0.318. The lowest BCUT2D eigenvalue weighted by molar-refractivity contribution is 0.112. The highest BCUT2D eigenvalue weighted by Crippen LogP contribution is 2.17. The lowest BCUT2D eigenvalue weighted by atomic mass is 10.00. The molecule has 0 aliphatic carbocycles. The topological polar surface area (TPSA) is 26.3 Å². The standard InChI is InChI=1S/C12H16O.C10H12O/c1-9-7-10(2)12(5-6-13-4)11(3)8-9;1-7-4-8(2)10(6-11)9(3)5-7/h5-8H,1-4H3;4-6H,1-3H3/b6-5+;. The van der Waals surface area contributed by atoms with E-state index in [-0.39, 0.29) is 0 Å². The van der Waals surface area contributed by atoms with Gasteiger partial charge in [-0.05, 0) is 75.4 Å². The van der Waals surface area contributed by atoms with Crippen LogP contribution < -0.4 is 0 Å². The molecule has 0 aliphatic rings. The highest BCUT2D eigenvalue weighted by atomic mass is 16.5. The number of aryl methyl sites for hydroxylation is 6. The maximum atomic E-state index is 10.6. The average molecular weight is 324 g/mol. The van der Waals surface area contributed by atoms with E-state index in [0.29, 0.717) is 0 Å². The van der Waals surface area contributed by atoms with Gasteiger partial charge in [0.15, 0.2) is 6.29 Å². The van der Waals surface area contributed by atoms with Crippen molar-refractivity contribution in [3.63, 3.8) is 0 Å². The van der Waals surface area contributed by atoms with E-state index in [1.165, 1.54) is 27.8 Å². The molecule has 0 aromatic heterocycles. The van der Waals surface area contributed by atoms with Crippen molar-refractivity contribution in [2.45, 2.75) is 41.5 Å². The van der Waals surface area contributed by atoms with E-state index in [9.17, 15) is 4.79 Å². The van der Waals surface area contributed by atoms with Crippen LogP contribution in [0.5, 0.6) is 0 Å². The van der Waals surface area contributed by atoms with Gasteiger partial charge < -0.3 is 4.74 Å². The molecule has 2 rings (SSSR count).